The molecule has 0 aliphatic carbocycles. The molecule has 0 fully saturated rings. The summed E-state index contributed by atoms with van der Waals surface area (Å²) < 4.78 is 0. The molecule has 0 saturated carbocycles. The topological polar surface area (TPSA) is 78.0 Å². The molecule has 0 radical (unpaired) electrons. The van der Waals surface area contributed by atoms with E-state index < -0.39 is 5.60 Å². The minimum absolute atomic E-state index is 0.225. The number of carbonyl (C=O) groups is 1. The quantitative estimate of drug-likeness (QED) is 0.699. The van der Waals surface area contributed by atoms with Gasteiger partial charge in [0.1, 0.15) is 11.5 Å². The van der Waals surface area contributed by atoms with Crippen LogP contribution in [0, 0.1) is 0 Å². The predicted octanol–water partition coefficient (Wildman–Crippen LogP) is 1.25. The largest absolute Gasteiger partial charge is 0.388 e. The Labute approximate surface area is 102 Å². The maximum Gasteiger partial charge on any atom is 0.269 e. The fraction of sp³-hybridized carbons (Fsp3) is 0.667. The fourth-order valence-corrected chi connectivity index (χ4v) is 1.50. The number of nitrogens with zero attached hydrogens (tertiary/aromatic N) is 1. The van der Waals surface area contributed by atoms with Gasteiger partial charge in [-0.25, -0.2) is 4.98 Å². The second-order valence-electron chi connectivity index (χ2n) is 4.21. The monoisotopic (exact) mass is 239 g/mol. The first-order valence-electron chi connectivity index (χ1n) is 6.09. The van der Waals surface area contributed by atoms with Crippen molar-refractivity contribution < 1.29 is 9.90 Å². The van der Waals surface area contributed by atoms with Crippen molar-refractivity contribution in [1.29, 1.82) is 0 Å². The van der Waals surface area contributed by atoms with Gasteiger partial charge in [-0.3, -0.25) is 4.79 Å². The second kappa shape index (κ2) is 5.82. The Balaban J connectivity index is 2.55. The normalized spacial score (nSPS) is 11.5. The maximum atomic E-state index is 11.8. The van der Waals surface area contributed by atoms with Crippen molar-refractivity contribution in [2.75, 3.05) is 6.54 Å². The summed E-state index contributed by atoms with van der Waals surface area (Å²) in [5.41, 5.74) is -0.375. The SMILES string of the molecule is CCc1ncc(C(=O)NCC(O)(CC)CC)[nH]1. The van der Waals surface area contributed by atoms with Crippen molar-refractivity contribution in [1.82, 2.24) is 15.3 Å². The van der Waals surface area contributed by atoms with Gasteiger partial charge in [-0.05, 0) is 12.8 Å². The van der Waals surface area contributed by atoms with Gasteiger partial charge >= 0.3 is 0 Å². The highest BCUT2D eigenvalue weighted by Crippen LogP contribution is 2.13. The smallest absolute Gasteiger partial charge is 0.269 e. The van der Waals surface area contributed by atoms with Crippen LogP contribution in [0.15, 0.2) is 6.20 Å². The molecule has 0 aromatic carbocycles. The van der Waals surface area contributed by atoms with Gasteiger partial charge in [0, 0.05) is 13.0 Å². The molecule has 17 heavy (non-hydrogen) atoms. The Hall–Kier alpha value is -1.36. The third kappa shape index (κ3) is 3.56. The number of H-pyrrole nitrogens is 1. The number of aromatic amines is 1. The molecule has 1 heterocycles. The first kappa shape index (κ1) is 13.7. The van der Waals surface area contributed by atoms with Crippen LogP contribution in [-0.4, -0.2) is 33.1 Å². The van der Waals surface area contributed by atoms with Crippen LogP contribution >= 0.6 is 0 Å². The van der Waals surface area contributed by atoms with Crippen LogP contribution in [0.25, 0.3) is 0 Å². The van der Waals surface area contributed by atoms with Crippen LogP contribution < -0.4 is 5.32 Å². The molecule has 0 saturated heterocycles. The molecule has 1 rings (SSSR count). The number of carbonyl (C=O) groups excluding carboxylic acids is 1. The molecule has 0 unspecified atom stereocenters. The van der Waals surface area contributed by atoms with Gasteiger partial charge in [-0.1, -0.05) is 20.8 Å². The Morgan fingerprint density at radius 2 is 2.12 bits per heavy atom. The number of amides is 1. The van der Waals surface area contributed by atoms with Crippen LogP contribution in [0.2, 0.25) is 0 Å². The van der Waals surface area contributed by atoms with Crippen molar-refractivity contribution in [2.45, 2.75) is 45.6 Å². The highest BCUT2D eigenvalue weighted by Gasteiger charge is 2.23. The van der Waals surface area contributed by atoms with Crippen LogP contribution in [-0.2, 0) is 6.42 Å². The van der Waals surface area contributed by atoms with E-state index in [1.54, 1.807) is 0 Å². The third-order valence-corrected chi connectivity index (χ3v) is 3.10. The lowest BCUT2D eigenvalue weighted by molar-refractivity contribution is 0.0313. The maximum absolute atomic E-state index is 11.8. The van der Waals surface area contributed by atoms with Crippen molar-refractivity contribution in [3.63, 3.8) is 0 Å². The average Bonchev–Trinajstić information content (AvgIpc) is 2.84. The van der Waals surface area contributed by atoms with E-state index in [0.717, 1.165) is 12.2 Å². The summed E-state index contributed by atoms with van der Waals surface area (Å²) >= 11 is 0. The summed E-state index contributed by atoms with van der Waals surface area (Å²) in [4.78, 5) is 18.8. The number of aryl methyl sites for hydroxylation is 1. The Morgan fingerprint density at radius 3 is 2.59 bits per heavy atom. The van der Waals surface area contributed by atoms with Crippen molar-refractivity contribution in [3.05, 3.63) is 17.7 Å². The van der Waals surface area contributed by atoms with Crippen LogP contribution in [0.3, 0.4) is 0 Å². The summed E-state index contributed by atoms with van der Waals surface area (Å²) in [5.74, 6) is 0.564. The summed E-state index contributed by atoms with van der Waals surface area (Å²) in [5, 5.41) is 12.8. The lowest BCUT2D eigenvalue weighted by Gasteiger charge is -2.25. The van der Waals surface area contributed by atoms with E-state index in [-0.39, 0.29) is 12.5 Å². The number of nitrogens with one attached hydrogen (secondary N) is 2. The second-order valence-corrected chi connectivity index (χ2v) is 4.21. The van der Waals surface area contributed by atoms with E-state index in [0.29, 0.717) is 18.5 Å². The Morgan fingerprint density at radius 1 is 1.47 bits per heavy atom. The van der Waals surface area contributed by atoms with E-state index in [9.17, 15) is 9.90 Å². The molecule has 1 aromatic heterocycles. The molecule has 5 heteroatoms. The minimum atomic E-state index is -0.816. The molecule has 5 nitrogen and oxygen atoms in total. The minimum Gasteiger partial charge on any atom is -0.388 e. The molecule has 0 bridgehead atoms. The molecule has 1 aromatic rings. The van der Waals surface area contributed by atoms with Gasteiger partial charge in [0.15, 0.2) is 0 Å². The van der Waals surface area contributed by atoms with Gasteiger partial charge < -0.3 is 15.4 Å². The molecular formula is C12H21N3O2. The number of aliphatic hydroxyl groups is 1. The highest BCUT2D eigenvalue weighted by molar-refractivity contribution is 5.92. The zero-order valence-corrected chi connectivity index (χ0v) is 10.7. The van der Waals surface area contributed by atoms with E-state index in [2.05, 4.69) is 15.3 Å². The summed E-state index contributed by atoms with van der Waals surface area (Å²) in [6.45, 7) is 6.04. The van der Waals surface area contributed by atoms with Crippen LogP contribution in [0.4, 0.5) is 0 Å². The zero-order valence-electron chi connectivity index (χ0n) is 10.7. The number of hydrogen-bond donors (Lipinski definition) is 3. The van der Waals surface area contributed by atoms with E-state index >= 15 is 0 Å². The van der Waals surface area contributed by atoms with Crippen LogP contribution in [0.1, 0.15) is 49.9 Å². The molecule has 0 atom stereocenters. The predicted molar refractivity (Wildman–Crippen MR) is 65.8 cm³/mol. The molecule has 0 aliphatic rings. The van der Waals surface area contributed by atoms with Gasteiger partial charge in [0.25, 0.3) is 5.91 Å². The molecule has 1 amide bonds. The number of aromatic nitrogens is 2. The molecule has 3 N–H and O–H groups in total. The summed E-state index contributed by atoms with van der Waals surface area (Å²) in [6, 6.07) is 0. The Kier molecular flexibility index (Phi) is 4.69. The summed E-state index contributed by atoms with van der Waals surface area (Å²) in [6.07, 6.45) is 3.52. The highest BCUT2D eigenvalue weighted by atomic mass is 16.3. The van der Waals surface area contributed by atoms with E-state index in [1.807, 2.05) is 20.8 Å². The van der Waals surface area contributed by atoms with E-state index in [1.165, 1.54) is 6.20 Å². The average molecular weight is 239 g/mol. The van der Waals surface area contributed by atoms with Crippen molar-refractivity contribution in [3.8, 4) is 0 Å². The Bertz CT molecular complexity index is 370. The standard InChI is InChI=1S/C12H21N3O2/c1-4-10-13-7-9(15-10)11(16)14-8-12(17,5-2)6-3/h7,17H,4-6,8H2,1-3H3,(H,13,15)(H,14,16). The van der Waals surface area contributed by atoms with Gasteiger partial charge in [0.05, 0.1) is 11.8 Å². The fourth-order valence-electron chi connectivity index (χ4n) is 1.50. The molecule has 96 valence electrons. The molecular weight excluding hydrogens is 218 g/mol. The summed E-state index contributed by atoms with van der Waals surface area (Å²) in [7, 11) is 0. The zero-order chi connectivity index (χ0) is 12.9. The number of imidazole rings is 1. The van der Waals surface area contributed by atoms with Crippen molar-refractivity contribution >= 4 is 5.91 Å². The third-order valence-electron chi connectivity index (χ3n) is 3.10. The van der Waals surface area contributed by atoms with E-state index in [4.69, 9.17) is 0 Å². The van der Waals surface area contributed by atoms with Gasteiger partial charge in [0.2, 0.25) is 0 Å². The van der Waals surface area contributed by atoms with Gasteiger partial charge in [-0.15, -0.1) is 0 Å². The first-order valence-corrected chi connectivity index (χ1v) is 6.09. The van der Waals surface area contributed by atoms with Crippen molar-refractivity contribution in [2.24, 2.45) is 0 Å². The first-order chi connectivity index (χ1) is 8.04. The number of rotatable bonds is 6. The van der Waals surface area contributed by atoms with Crippen LogP contribution in [0.5, 0.6) is 0 Å². The molecule has 0 spiro atoms. The molecule has 0 aliphatic heterocycles. The lowest BCUT2D eigenvalue weighted by atomic mass is 9.97. The number of hydrogen-bond acceptors (Lipinski definition) is 3. The lowest BCUT2D eigenvalue weighted by Crippen LogP contribution is -2.42. The van der Waals surface area contributed by atoms with Gasteiger partial charge in [-0.2, -0.15) is 0 Å².